The molecule has 0 spiro atoms. The maximum atomic E-state index is 11.5. The lowest BCUT2D eigenvalue weighted by Crippen LogP contribution is -2.38. The van der Waals surface area contributed by atoms with Gasteiger partial charge in [-0.05, 0) is 52.5 Å². The first-order valence-corrected chi connectivity index (χ1v) is 6.14. The number of hydrogen-bond acceptors (Lipinski definition) is 3. The summed E-state index contributed by atoms with van der Waals surface area (Å²) in [5.41, 5.74) is 0. The van der Waals surface area contributed by atoms with Crippen LogP contribution in [0.1, 0.15) is 46.5 Å². The number of carbonyl (C=O) groups excluding carboxylic acids is 2. The Balaban J connectivity index is 2.31. The summed E-state index contributed by atoms with van der Waals surface area (Å²) in [5, 5.41) is 2.83. The molecule has 1 aliphatic carbocycles. The van der Waals surface area contributed by atoms with Gasteiger partial charge in [0.05, 0.1) is 0 Å². The number of allylic oxidation sites excluding steroid dienone is 2. The molecule has 4 nitrogen and oxygen atoms in total. The summed E-state index contributed by atoms with van der Waals surface area (Å²) in [4.78, 5) is 22.6. The third-order valence-corrected chi connectivity index (χ3v) is 3.28. The third-order valence-electron chi connectivity index (χ3n) is 3.28. The van der Waals surface area contributed by atoms with Gasteiger partial charge in [-0.15, -0.1) is 0 Å². The molecule has 0 aromatic heterocycles. The molecular weight excluding hydrogens is 218 g/mol. The van der Waals surface area contributed by atoms with Crippen molar-refractivity contribution in [3.8, 4) is 0 Å². The van der Waals surface area contributed by atoms with Crippen molar-refractivity contribution < 1.29 is 14.3 Å². The zero-order chi connectivity index (χ0) is 12.8. The summed E-state index contributed by atoms with van der Waals surface area (Å²) < 4.78 is 5.02. The summed E-state index contributed by atoms with van der Waals surface area (Å²) in [6.07, 6.45) is 4.78. The molecule has 0 aromatic carbocycles. The molecule has 1 rings (SSSR count). The first-order valence-electron chi connectivity index (χ1n) is 6.14. The van der Waals surface area contributed by atoms with E-state index in [4.69, 9.17) is 4.74 Å². The predicted octanol–water partition coefficient (Wildman–Crippen LogP) is 2.78. The molecule has 96 valence electrons. The van der Waals surface area contributed by atoms with E-state index < -0.39 is 6.09 Å². The lowest BCUT2D eigenvalue weighted by Gasteiger charge is -2.27. The van der Waals surface area contributed by atoms with Crippen molar-refractivity contribution in [3.63, 3.8) is 0 Å². The number of nitrogens with one attached hydrogen (secondary N) is 1. The van der Waals surface area contributed by atoms with Gasteiger partial charge in [-0.2, -0.15) is 0 Å². The second kappa shape index (κ2) is 6.42. The van der Waals surface area contributed by atoms with Gasteiger partial charge in [-0.25, -0.2) is 4.79 Å². The summed E-state index contributed by atoms with van der Waals surface area (Å²) >= 11 is 0. The monoisotopic (exact) mass is 239 g/mol. The molecule has 1 saturated carbocycles. The smallest absolute Gasteiger partial charge is 0.412 e. The van der Waals surface area contributed by atoms with Crippen LogP contribution in [-0.2, 0) is 9.53 Å². The fraction of sp³-hybridized carbons (Fsp3) is 0.692. The molecule has 1 amide bonds. The quantitative estimate of drug-likeness (QED) is 0.770. The number of amides is 1. The molecule has 0 aliphatic heterocycles. The first-order chi connectivity index (χ1) is 8.02. The van der Waals surface area contributed by atoms with E-state index in [2.05, 4.69) is 5.32 Å². The van der Waals surface area contributed by atoms with Gasteiger partial charge < -0.3 is 10.1 Å². The highest BCUT2D eigenvalue weighted by molar-refractivity contribution is 5.78. The van der Waals surface area contributed by atoms with Gasteiger partial charge in [0.25, 0.3) is 0 Å². The fourth-order valence-corrected chi connectivity index (χ4v) is 2.05. The van der Waals surface area contributed by atoms with Crippen molar-refractivity contribution in [2.24, 2.45) is 5.92 Å². The number of ether oxygens (including phenoxy) is 1. The van der Waals surface area contributed by atoms with Crippen LogP contribution in [0, 0.1) is 5.92 Å². The van der Waals surface area contributed by atoms with Gasteiger partial charge in [0.2, 0.25) is 0 Å². The van der Waals surface area contributed by atoms with Crippen LogP contribution >= 0.6 is 0 Å². The average molecular weight is 239 g/mol. The highest BCUT2D eigenvalue weighted by Gasteiger charge is 2.25. The number of hydrogen-bond donors (Lipinski definition) is 1. The van der Waals surface area contributed by atoms with Crippen LogP contribution in [0.15, 0.2) is 11.8 Å². The molecule has 4 heteroatoms. The van der Waals surface area contributed by atoms with Crippen LogP contribution in [0.4, 0.5) is 4.79 Å². The molecule has 0 heterocycles. The van der Waals surface area contributed by atoms with E-state index in [1.165, 1.54) is 0 Å². The molecule has 0 saturated heterocycles. The molecule has 0 atom stereocenters. The molecule has 0 bridgehead atoms. The first kappa shape index (κ1) is 13.7. The van der Waals surface area contributed by atoms with Crippen LogP contribution in [0.5, 0.6) is 0 Å². The number of alkyl carbamates (subject to hydrolysis) is 1. The average Bonchev–Trinajstić information content (AvgIpc) is 2.29. The maximum Gasteiger partial charge on any atom is 0.412 e. The van der Waals surface area contributed by atoms with Crippen molar-refractivity contribution in [1.29, 1.82) is 0 Å². The van der Waals surface area contributed by atoms with E-state index in [1.54, 1.807) is 19.9 Å². The van der Waals surface area contributed by atoms with E-state index in [0.29, 0.717) is 5.76 Å². The Kier molecular flexibility index (Phi) is 5.19. The van der Waals surface area contributed by atoms with Gasteiger partial charge in [-0.3, -0.25) is 4.79 Å². The van der Waals surface area contributed by atoms with Gasteiger partial charge in [0.1, 0.15) is 11.5 Å². The standard InChI is InChI=1S/C13H21NO3/c1-4-9(2)17-13(16)14-12-7-5-11(6-8-12)10(3)15/h4,11-12H,5-8H2,1-3H3,(H,14,16)/b9-4-. The van der Waals surface area contributed by atoms with Crippen LogP contribution in [0.25, 0.3) is 0 Å². The molecule has 1 fully saturated rings. The molecule has 0 unspecified atom stereocenters. The Labute approximate surface area is 102 Å². The molecule has 0 aromatic rings. The van der Waals surface area contributed by atoms with Crippen LogP contribution < -0.4 is 5.32 Å². The van der Waals surface area contributed by atoms with E-state index in [-0.39, 0.29) is 17.7 Å². The summed E-state index contributed by atoms with van der Waals surface area (Å²) in [7, 11) is 0. The van der Waals surface area contributed by atoms with Crippen molar-refractivity contribution >= 4 is 11.9 Å². The largest absolute Gasteiger partial charge is 0.416 e. The SMILES string of the molecule is C/C=C(/C)OC(=O)NC1CCC(C(C)=O)CC1. The van der Waals surface area contributed by atoms with Gasteiger partial charge in [0, 0.05) is 12.0 Å². The van der Waals surface area contributed by atoms with Crippen molar-refractivity contribution in [3.05, 3.63) is 11.8 Å². The topological polar surface area (TPSA) is 55.4 Å². The van der Waals surface area contributed by atoms with Crippen LogP contribution in [-0.4, -0.2) is 17.9 Å². The van der Waals surface area contributed by atoms with Gasteiger partial charge in [0.15, 0.2) is 0 Å². The summed E-state index contributed by atoms with van der Waals surface area (Å²) in [6, 6.07) is 0.141. The Hall–Kier alpha value is -1.32. The third kappa shape index (κ3) is 4.59. The highest BCUT2D eigenvalue weighted by Crippen LogP contribution is 2.24. The predicted molar refractivity (Wildman–Crippen MR) is 65.5 cm³/mol. The molecular formula is C13H21NO3. The number of Topliss-reactive ketones (excluding diaryl/α,β-unsaturated/α-hetero) is 1. The van der Waals surface area contributed by atoms with E-state index in [1.807, 2.05) is 6.92 Å². The zero-order valence-electron chi connectivity index (χ0n) is 10.8. The number of carbonyl (C=O) groups is 2. The Morgan fingerprint density at radius 2 is 1.76 bits per heavy atom. The molecule has 1 aliphatic rings. The lowest BCUT2D eigenvalue weighted by molar-refractivity contribution is -0.121. The summed E-state index contributed by atoms with van der Waals surface area (Å²) in [5.74, 6) is 1.04. The Bertz CT molecular complexity index is 315. The van der Waals surface area contributed by atoms with Crippen LogP contribution in [0.2, 0.25) is 0 Å². The molecule has 1 N–H and O–H groups in total. The summed E-state index contributed by atoms with van der Waals surface area (Å²) in [6.45, 7) is 5.20. The van der Waals surface area contributed by atoms with E-state index in [0.717, 1.165) is 25.7 Å². The number of ketones is 1. The molecule has 17 heavy (non-hydrogen) atoms. The van der Waals surface area contributed by atoms with Gasteiger partial charge >= 0.3 is 6.09 Å². The second-order valence-electron chi connectivity index (χ2n) is 4.59. The minimum Gasteiger partial charge on any atom is -0.416 e. The van der Waals surface area contributed by atoms with E-state index in [9.17, 15) is 9.59 Å². The van der Waals surface area contributed by atoms with Gasteiger partial charge in [-0.1, -0.05) is 0 Å². The second-order valence-corrected chi connectivity index (χ2v) is 4.59. The maximum absolute atomic E-state index is 11.5. The number of rotatable bonds is 3. The Morgan fingerprint density at radius 3 is 2.24 bits per heavy atom. The van der Waals surface area contributed by atoms with Crippen molar-refractivity contribution in [2.45, 2.75) is 52.5 Å². The minimum atomic E-state index is -0.396. The zero-order valence-corrected chi connectivity index (χ0v) is 10.8. The highest BCUT2D eigenvalue weighted by atomic mass is 16.6. The fourth-order valence-electron chi connectivity index (χ4n) is 2.05. The molecule has 0 radical (unpaired) electrons. The minimum absolute atomic E-state index is 0.141. The van der Waals surface area contributed by atoms with Crippen molar-refractivity contribution in [1.82, 2.24) is 5.32 Å². The van der Waals surface area contributed by atoms with Crippen LogP contribution in [0.3, 0.4) is 0 Å². The van der Waals surface area contributed by atoms with Crippen molar-refractivity contribution in [2.75, 3.05) is 0 Å². The Morgan fingerprint density at radius 1 is 1.18 bits per heavy atom. The lowest BCUT2D eigenvalue weighted by atomic mass is 9.84. The van der Waals surface area contributed by atoms with E-state index >= 15 is 0 Å². The normalized spacial score (nSPS) is 25.2.